The van der Waals surface area contributed by atoms with Gasteiger partial charge in [-0.2, -0.15) is 0 Å². The minimum Gasteiger partial charge on any atom is -0.508 e. The van der Waals surface area contributed by atoms with Gasteiger partial charge in [0.2, 0.25) is 0 Å². The lowest BCUT2D eigenvalue weighted by Gasteiger charge is -2.26. The van der Waals surface area contributed by atoms with E-state index in [2.05, 4.69) is 13.8 Å². The number of phenolic OH excluding ortho intramolecular Hbond substituents is 2. The molecule has 0 heterocycles. The number of rotatable bonds is 4. The van der Waals surface area contributed by atoms with Crippen LogP contribution in [0.2, 0.25) is 0 Å². The predicted octanol–water partition coefficient (Wildman–Crippen LogP) is 4.64. The lowest BCUT2D eigenvalue weighted by Crippen LogP contribution is -2.18. The van der Waals surface area contributed by atoms with E-state index in [1.54, 1.807) is 24.3 Å². The molecule has 0 amide bonds. The summed E-state index contributed by atoms with van der Waals surface area (Å²) >= 11 is 0. The van der Waals surface area contributed by atoms with Gasteiger partial charge < -0.3 is 14.9 Å². The van der Waals surface area contributed by atoms with Crippen molar-refractivity contribution in [1.82, 2.24) is 0 Å². The second kappa shape index (κ2) is 6.92. The molecule has 0 unspecified atom stereocenters. The van der Waals surface area contributed by atoms with E-state index in [0.29, 0.717) is 11.3 Å². The molecular weight excluding hydrogens is 328 g/mol. The minimum absolute atomic E-state index is 0.0994. The van der Waals surface area contributed by atoms with Gasteiger partial charge in [-0.1, -0.05) is 38.1 Å². The number of aromatic hydroxyl groups is 2. The van der Waals surface area contributed by atoms with Crippen LogP contribution in [0.4, 0.5) is 0 Å². The van der Waals surface area contributed by atoms with Crippen LogP contribution in [0.3, 0.4) is 0 Å². The van der Waals surface area contributed by atoms with Gasteiger partial charge in [-0.3, -0.25) is 0 Å². The molecule has 4 nitrogen and oxygen atoms in total. The number of phenols is 2. The molecule has 0 aliphatic rings. The SMILES string of the molecule is CC(C)(c1ccc(O)cc1)c1ccc(OC(=O)c2ccc(O)cc2)cc1. The third kappa shape index (κ3) is 3.70. The first kappa shape index (κ1) is 17.5. The molecule has 0 saturated carbocycles. The van der Waals surface area contributed by atoms with Crippen LogP contribution in [0.1, 0.15) is 35.3 Å². The van der Waals surface area contributed by atoms with Gasteiger partial charge in [0.25, 0.3) is 0 Å². The Hall–Kier alpha value is -3.27. The number of hydrogen-bond acceptors (Lipinski definition) is 4. The monoisotopic (exact) mass is 348 g/mol. The first-order chi connectivity index (χ1) is 12.4. The van der Waals surface area contributed by atoms with Crippen LogP contribution < -0.4 is 4.74 Å². The van der Waals surface area contributed by atoms with Crippen LogP contribution >= 0.6 is 0 Å². The summed E-state index contributed by atoms with van der Waals surface area (Å²) in [7, 11) is 0. The Kier molecular flexibility index (Phi) is 4.67. The molecule has 3 aromatic carbocycles. The van der Waals surface area contributed by atoms with Crippen molar-refractivity contribution >= 4 is 5.97 Å². The van der Waals surface area contributed by atoms with Crippen LogP contribution in [0.15, 0.2) is 72.8 Å². The smallest absolute Gasteiger partial charge is 0.343 e. The Bertz CT molecular complexity index is 892. The maximum atomic E-state index is 12.1. The van der Waals surface area contributed by atoms with Crippen LogP contribution in [-0.2, 0) is 5.41 Å². The number of ether oxygens (including phenoxy) is 1. The molecule has 26 heavy (non-hydrogen) atoms. The zero-order valence-corrected chi connectivity index (χ0v) is 14.6. The Morgan fingerprint density at radius 1 is 0.731 bits per heavy atom. The van der Waals surface area contributed by atoms with E-state index >= 15 is 0 Å². The third-order valence-corrected chi connectivity index (χ3v) is 4.48. The maximum absolute atomic E-state index is 12.1. The molecule has 3 aromatic rings. The van der Waals surface area contributed by atoms with Crippen molar-refractivity contribution in [3.63, 3.8) is 0 Å². The van der Waals surface area contributed by atoms with Crippen LogP contribution in [0.25, 0.3) is 0 Å². The van der Waals surface area contributed by atoms with Gasteiger partial charge in [-0.25, -0.2) is 4.79 Å². The summed E-state index contributed by atoms with van der Waals surface area (Å²) < 4.78 is 5.38. The molecule has 0 fully saturated rings. The van der Waals surface area contributed by atoms with E-state index in [-0.39, 0.29) is 16.9 Å². The maximum Gasteiger partial charge on any atom is 0.343 e. The molecule has 4 heteroatoms. The van der Waals surface area contributed by atoms with Gasteiger partial charge in [0.1, 0.15) is 17.2 Å². The summed E-state index contributed by atoms with van der Waals surface area (Å²) in [6.45, 7) is 4.19. The van der Waals surface area contributed by atoms with E-state index in [4.69, 9.17) is 4.74 Å². The van der Waals surface area contributed by atoms with Crippen molar-refractivity contribution in [3.05, 3.63) is 89.5 Å². The Balaban J connectivity index is 1.76. The molecule has 0 saturated heterocycles. The normalized spacial score (nSPS) is 11.2. The molecule has 2 N–H and O–H groups in total. The van der Waals surface area contributed by atoms with Crippen LogP contribution in [0, 0.1) is 0 Å². The van der Waals surface area contributed by atoms with E-state index in [0.717, 1.165) is 11.1 Å². The standard InChI is InChI=1S/C22H20O4/c1-22(2,16-5-11-19(24)12-6-16)17-7-13-20(14-8-17)26-21(25)15-3-9-18(23)10-4-15/h3-14,23-24H,1-2H3. The number of carbonyl (C=O) groups is 1. The number of benzene rings is 3. The topological polar surface area (TPSA) is 66.8 Å². The summed E-state index contributed by atoms with van der Waals surface area (Å²) in [6, 6.07) is 20.4. The second-order valence-electron chi connectivity index (χ2n) is 6.63. The molecule has 0 atom stereocenters. The largest absolute Gasteiger partial charge is 0.508 e. The van der Waals surface area contributed by atoms with Gasteiger partial charge in [-0.15, -0.1) is 0 Å². The van der Waals surface area contributed by atoms with Gasteiger partial charge in [0, 0.05) is 5.41 Å². The lowest BCUT2D eigenvalue weighted by atomic mass is 9.78. The summed E-state index contributed by atoms with van der Waals surface area (Å²) in [5.41, 5.74) is 2.25. The highest BCUT2D eigenvalue weighted by atomic mass is 16.5. The average molecular weight is 348 g/mol. The van der Waals surface area contributed by atoms with Crippen LogP contribution in [-0.4, -0.2) is 16.2 Å². The molecule has 0 bridgehead atoms. The van der Waals surface area contributed by atoms with Gasteiger partial charge in [0.05, 0.1) is 5.56 Å². The summed E-state index contributed by atoms with van der Waals surface area (Å²) in [5.74, 6) is 0.312. The molecular formula is C22H20O4. The highest BCUT2D eigenvalue weighted by molar-refractivity contribution is 5.91. The average Bonchev–Trinajstić information content (AvgIpc) is 2.63. The third-order valence-electron chi connectivity index (χ3n) is 4.48. The van der Waals surface area contributed by atoms with Gasteiger partial charge >= 0.3 is 5.97 Å². The first-order valence-electron chi connectivity index (χ1n) is 8.27. The molecule has 0 aromatic heterocycles. The van der Waals surface area contributed by atoms with Crippen molar-refractivity contribution in [2.75, 3.05) is 0 Å². The van der Waals surface area contributed by atoms with Gasteiger partial charge in [0.15, 0.2) is 0 Å². The van der Waals surface area contributed by atoms with Crippen molar-refractivity contribution in [2.45, 2.75) is 19.3 Å². The summed E-state index contributed by atoms with van der Waals surface area (Å²) in [5, 5.41) is 18.7. The highest BCUT2D eigenvalue weighted by Crippen LogP contribution is 2.33. The molecule has 0 aliphatic heterocycles. The van der Waals surface area contributed by atoms with E-state index < -0.39 is 5.97 Å². The highest BCUT2D eigenvalue weighted by Gasteiger charge is 2.23. The summed E-state index contributed by atoms with van der Waals surface area (Å²) in [6.07, 6.45) is 0. The second-order valence-corrected chi connectivity index (χ2v) is 6.63. The lowest BCUT2D eigenvalue weighted by molar-refractivity contribution is 0.0734. The Morgan fingerprint density at radius 3 is 1.65 bits per heavy atom. The van der Waals surface area contributed by atoms with Crippen molar-refractivity contribution < 1.29 is 19.7 Å². The molecule has 0 spiro atoms. The number of esters is 1. The van der Waals surface area contributed by atoms with Crippen molar-refractivity contribution in [3.8, 4) is 17.2 Å². The molecule has 0 radical (unpaired) electrons. The minimum atomic E-state index is -0.476. The fraction of sp³-hybridized carbons (Fsp3) is 0.136. The Labute approximate surface area is 152 Å². The fourth-order valence-electron chi connectivity index (χ4n) is 2.75. The molecule has 132 valence electrons. The predicted molar refractivity (Wildman–Crippen MR) is 99.7 cm³/mol. The zero-order valence-electron chi connectivity index (χ0n) is 14.6. The fourth-order valence-corrected chi connectivity index (χ4v) is 2.75. The van der Waals surface area contributed by atoms with E-state index in [1.807, 2.05) is 24.3 Å². The van der Waals surface area contributed by atoms with Gasteiger partial charge in [-0.05, 0) is 59.7 Å². The van der Waals surface area contributed by atoms with Crippen molar-refractivity contribution in [2.24, 2.45) is 0 Å². The van der Waals surface area contributed by atoms with E-state index in [1.165, 1.54) is 24.3 Å². The molecule has 3 rings (SSSR count). The van der Waals surface area contributed by atoms with E-state index in [9.17, 15) is 15.0 Å². The zero-order chi connectivity index (χ0) is 18.7. The summed E-state index contributed by atoms with van der Waals surface area (Å²) in [4.78, 5) is 12.1. The van der Waals surface area contributed by atoms with Crippen LogP contribution in [0.5, 0.6) is 17.2 Å². The number of hydrogen-bond donors (Lipinski definition) is 2. The number of carbonyl (C=O) groups excluding carboxylic acids is 1. The van der Waals surface area contributed by atoms with Crippen molar-refractivity contribution in [1.29, 1.82) is 0 Å². The quantitative estimate of drug-likeness (QED) is 0.532. The first-order valence-corrected chi connectivity index (χ1v) is 8.27. The molecule has 0 aliphatic carbocycles. The Morgan fingerprint density at radius 2 is 1.15 bits per heavy atom.